The van der Waals surface area contributed by atoms with E-state index in [1.807, 2.05) is 43.3 Å². The van der Waals surface area contributed by atoms with Gasteiger partial charge in [0.2, 0.25) is 5.76 Å². The number of para-hydroxylation sites is 1. The zero-order valence-corrected chi connectivity index (χ0v) is 14.9. The van der Waals surface area contributed by atoms with Crippen LogP contribution in [0.25, 0.3) is 22.3 Å². The molecule has 0 bridgehead atoms. The molecule has 0 unspecified atom stereocenters. The minimum Gasteiger partial charge on any atom is -0.493 e. The number of methoxy groups -OCH3 is 1. The number of rotatable bonds is 5. The zero-order chi connectivity index (χ0) is 18.8. The Morgan fingerprint density at radius 2 is 1.93 bits per heavy atom. The quantitative estimate of drug-likeness (QED) is 0.476. The van der Waals surface area contributed by atoms with Crippen molar-refractivity contribution >= 4 is 16.9 Å². The van der Waals surface area contributed by atoms with Crippen LogP contribution in [-0.4, -0.2) is 18.2 Å². The van der Waals surface area contributed by atoms with Gasteiger partial charge in [-0.15, -0.1) is 0 Å². The second kappa shape index (κ2) is 6.99. The standard InChI is InChI=1S/C21H17NO5/c1-13-6-8-14(9-7-13)18-11-16(22-27-18)12-25-21(23)19-10-15-4-3-5-17(24-2)20(15)26-19/h3-11H,12H2,1-2H3. The van der Waals surface area contributed by atoms with Crippen LogP contribution in [0.4, 0.5) is 0 Å². The highest BCUT2D eigenvalue weighted by Gasteiger charge is 2.17. The summed E-state index contributed by atoms with van der Waals surface area (Å²) < 4.78 is 21.4. The fraction of sp³-hybridized carbons (Fsp3) is 0.143. The molecule has 2 aromatic carbocycles. The topological polar surface area (TPSA) is 74.7 Å². The predicted octanol–water partition coefficient (Wildman–Crippen LogP) is 4.76. The van der Waals surface area contributed by atoms with Gasteiger partial charge in [-0.05, 0) is 19.1 Å². The van der Waals surface area contributed by atoms with Crippen molar-refractivity contribution in [2.45, 2.75) is 13.5 Å². The maximum Gasteiger partial charge on any atom is 0.374 e. The number of fused-ring (bicyclic) bond motifs is 1. The van der Waals surface area contributed by atoms with E-state index in [1.165, 1.54) is 0 Å². The van der Waals surface area contributed by atoms with Gasteiger partial charge in [-0.1, -0.05) is 47.1 Å². The average molecular weight is 363 g/mol. The van der Waals surface area contributed by atoms with Gasteiger partial charge in [0.05, 0.1) is 7.11 Å². The highest BCUT2D eigenvalue weighted by molar-refractivity contribution is 5.94. The molecule has 2 heterocycles. The highest BCUT2D eigenvalue weighted by atomic mass is 16.5. The smallest absolute Gasteiger partial charge is 0.374 e. The van der Waals surface area contributed by atoms with Gasteiger partial charge in [0, 0.05) is 17.0 Å². The van der Waals surface area contributed by atoms with Crippen molar-refractivity contribution in [1.82, 2.24) is 5.16 Å². The van der Waals surface area contributed by atoms with Crippen LogP contribution in [0.2, 0.25) is 0 Å². The second-order valence-electron chi connectivity index (χ2n) is 6.11. The summed E-state index contributed by atoms with van der Waals surface area (Å²) in [6.45, 7) is 2.01. The molecule has 0 saturated carbocycles. The van der Waals surface area contributed by atoms with Gasteiger partial charge >= 0.3 is 5.97 Å². The molecule has 27 heavy (non-hydrogen) atoms. The van der Waals surface area contributed by atoms with E-state index >= 15 is 0 Å². The summed E-state index contributed by atoms with van der Waals surface area (Å²) in [5.41, 5.74) is 3.10. The summed E-state index contributed by atoms with van der Waals surface area (Å²) >= 11 is 0. The number of hydrogen-bond donors (Lipinski definition) is 0. The Balaban J connectivity index is 1.46. The average Bonchev–Trinajstić information content (AvgIpc) is 3.33. The number of furan rings is 1. The van der Waals surface area contributed by atoms with Gasteiger partial charge in [0.1, 0.15) is 12.3 Å². The Morgan fingerprint density at radius 1 is 1.11 bits per heavy atom. The van der Waals surface area contributed by atoms with Crippen molar-refractivity contribution in [1.29, 1.82) is 0 Å². The van der Waals surface area contributed by atoms with Crippen molar-refractivity contribution in [3.63, 3.8) is 0 Å². The molecule has 0 atom stereocenters. The van der Waals surface area contributed by atoms with Crippen molar-refractivity contribution in [3.05, 3.63) is 71.6 Å². The molecule has 136 valence electrons. The van der Waals surface area contributed by atoms with Gasteiger partial charge in [-0.2, -0.15) is 0 Å². The van der Waals surface area contributed by atoms with E-state index in [-0.39, 0.29) is 12.4 Å². The van der Waals surface area contributed by atoms with Crippen LogP contribution < -0.4 is 4.74 Å². The molecule has 0 saturated heterocycles. The summed E-state index contributed by atoms with van der Waals surface area (Å²) in [5.74, 6) is 0.713. The normalized spacial score (nSPS) is 10.9. The summed E-state index contributed by atoms with van der Waals surface area (Å²) in [4.78, 5) is 12.3. The lowest BCUT2D eigenvalue weighted by atomic mass is 10.1. The molecule has 0 amide bonds. The Morgan fingerprint density at radius 3 is 2.70 bits per heavy atom. The Bertz CT molecular complexity index is 1090. The first-order chi connectivity index (χ1) is 13.1. The van der Waals surface area contributed by atoms with Crippen LogP contribution in [-0.2, 0) is 11.3 Å². The lowest BCUT2D eigenvalue weighted by Gasteiger charge is -2.00. The van der Waals surface area contributed by atoms with Crippen molar-refractivity contribution in [2.24, 2.45) is 0 Å². The number of esters is 1. The van der Waals surface area contributed by atoms with Gasteiger partial charge in [-0.3, -0.25) is 0 Å². The summed E-state index contributed by atoms with van der Waals surface area (Å²) in [7, 11) is 1.55. The van der Waals surface area contributed by atoms with E-state index in [1.54, 1.807) is 25.3 Å². The molecule has 0 aliphatic heterocycles. The van der Waals surface area contributed by atoms with Crippen LogP contribution in [0.3, 0.4) is 0 Å². The van der Waals surface area contributed by atoms with Crippen LogP contribution in [0.15, 0.2) is 63.5 Å². The van der Waals surface area contributed by atoms with Gasteiger partial charge in [0.15, 0.2) is 17.1 Å². The molecule has 0 fully saturated rings. The third-order valence-corrected chi connectivity index (χ3v) is 4.18. The number of benzene rings is 2. The first-order valence-electron chi connectivity index (χ1n) is 8.40. The molecule has 0 aliphatic carbocycles. The molecule has 4 aromatic rings. The third kappa shape index (κ3) is 3.42. The largest absolute Gasteiger partial charge is 0.493 e. The van der Waals surface area contributed by atoms with E-state index in [0.29, 0.717) is 22.8 Å². The minimum absolute atomic E-state index is 0.0115. The number of aromatic nitrogens is 1. The second-order valence-corrected chi connectivity index (χ2v) is 6.11. The number of nitrogens with zero attached hydrogens (tertiary/aromatic N) is 1. The summed E-state index contributed by atoms with van der Waals surface area (Å²) in [5, 5.41) is 4.72. The van der Waals surface area contributed by atoms with Crippen LogP contribution in [0.5, 0.6) is 5.75 Å². The monoisotopic (exact) mass is 363 g/mol. The van der Waals surface area contributed by atoms with E-state index in [0.717, 1.165) is 16.5 Å². The van der Waals surface area contributed by atoms with Gasteiger partial charge in [0.25, 0.3) is 0 Å². The van der Waals surface area contributed by atoms with E-state index in [2.05, 4.69) is 5.16 Å². The van der Waals surface area contributed by atoms with Crippen molar-refractivity contribution < 1.29 is 23.2 Å². The zero-order valence-electron chi connectivity index (χ0n) is 14.9. The Hall–Kier alpha value is -3.54. The Kier molecular flexibility index (Phi) is 4.38. The SMILES string of the molecule is COc1cccc2cc(C(=O)OCc3cc(-c4ccc(C)cc4)on3)oc12. The van der Waals surface area contributed by atoms with Gasteiger partial charge < -0.3 is 18.4 Å². The van der Waals surface area contributed by atoms with Crippen molar-refractivity contribution in [3.8, 4) is 17.1 Å². The number of carbonyl (C=O) groups excluding carboxylic acids is 1. The molecule has 6 nitrogen and oxygen atoms in total. The molecular weight excluding hydrogens is 346 g/mol. The van der Waals surface area contributed by atoms with Crippen LogP contribution >= 0.6 is 0 Å². The summed E-state index contributed by atoms with van der Waals surface area (Å²) in [6.07, 6.45) is 0. The molecule has 0 aliphatic rings. The fourth-order valence-electron chi connectivity index (χ4n) is 2.74. The first kappa shape index (κ1) is 16.9. The van der Waals surface area contributed by atoms with Crippen LogP contribution in [0.1, 0.15) is 21.8 Å². The maximum atomic E-state index is 12.3. The lowest BCUT2D eigenvalue weighted by molar-refractivity contribution is 0.0430. The molecule has 0 spiro atoms. The molecule has 6 heteroatoms. The minimum atomic E-state index is -0.576. The molecule has 2 aromatic heterocycles. The summed E-state index contributed by atoms with van der Waals surface area (Å²) in [6, 6.07) is 16.7. The number of ether oxygens (including phenoxy) is 2. The molecule has 0 N–H and O–H groups in total. The number of carbonyl (C=O) groups is 1. The maximum absolute atomic E-state index is 12.3. The number of aryl methyl sites for hydroxylation is 1. The molecular formula is C21H17NO5. The fourth-order valence-corrected chi connectivity index (χ4v) is 2.74. The van der Waals surface area contributed by atoms with E-state index in [4.69, 9.17) is 18.4 Å². The van der Waals surface area contributed by atoms with Gasteiger partial charge in [-0.25, -0.2) is 4.79 Å². The number of hydrogen-bond acceptors (Lipinski definition) is 6. The highest BCUT2D eigenvalue weighted by Crippen LogP contribution is 2.29. The lowest BCUT2D eigenvalue weighted by Crippen LogP contribution is -2.03. The van der Waals surface area contributed by atoms with E-state index < -0.39 is 5.97 Å². The van der Waals surface area contributed by atoms with E-state index in [9.17, 15) is 4.79 Å². The van der Waals surface area contributed by atoms with Crippen LogP contribution in [0, 0.1) is 6.92 Å². The molecule has 4 rings (SSSR count). The third-order valence-electron chi connectivity index (χ3n) is 4.18. The Labute approximate surface area is 155 Å². The predicted molar refractivity (Wildman–Crippen MR) is 98.6 cm³/mol. The molecule has 0 radical (unpaired) electrons. The first-order valence-corrected chi connectivity index (χ1v) is 8.40. The van der Waals surface area contributed by atoms with Crippen molar-refractivity contribution in [2.75, 3.05) is 7.11 Å².